The van der Waals surface area contributed by atoms with Crippen LogP contribution in [0.1, 0.15) is 25.7 Å². The van der Waals surface area contributed by atoms with Crippen LogP contribution in [0, 0.1) is 0 Å². The normalized spacial score (nSPS) is 31.2. The number of ether oxygens (including phenoxy) is 1. The number of carboxylic acid groups (broad SMARTS) is 1. The van der Waals surface area contributed by atoms with Crippen molar-refractivity contribution in [3.63, 3.8) is 0 Å². The van der Waals surface area contributed by atoms with Crippen LogP contribution in [-0.2, 0) is 9.53 Å². The minimum Gasteiger partial charge on any atom is -0.479 e. The highest BCUT2D eigenvalue weighted by molar-refractivity contribution is 5.74. The first kappa shape index (κ1) is 14.1. The summed E-state index contributed by atoms with van der Waals surface area (Å²) < 4.78 is 5.32. The van der Waals surface area contributed by atoms with Gasteiger partial charge in [-0.15, -0.1) is 0 Å². The predicted octanol–water partition coefficient (Wildman–Crippen LogP) is -0.249. The van der Waals surface area contributed by atoms with Gasteiger partial charge < -0.3 is 25.8 Å². The van der Waals surface area contributed by atoms with Gasteiger partial charge in [0.25, 0.3) is 0 Å². The molecule has 0 aliphatic carbocycles. The standard InChI is InChI=1S/C12H21N3O4/c13-8-2-1-5-15(7-8)12(18)14-6-9-3-4-10(19-9)11(16)17/h8-10H,1-7,13H2,(H,14,18)(H,16,17). The number of carboxylic acids is 1. The number of hydrogen-bond donors (Lipinski definition) is 3. The Kier molecular flexibility index (Phi) is 4.60. The molecule has 2 heterocycles. The Morgan fingerprint density at radius 2 is 2.16 bits per heavy atom. The van der Waals surface area contributed by atoms with Gasteiger partial charge in [-0.3, -0.25) is 0 Å². The summed E-state index contributed by atoms with van der Waals surface area (Å²) in [6, 6.07) is -0.0869. The quantitative estimate of drug-likeness (QED) is 0.656. The van der Waals surface area contributed by atoms with Crippen LogP contribution < -0.4 is 11.1 Å². The van der Waals surface area contributed by atoms with E-state index >= 15 is 0 Å². The number of nitrogens with one attached hydrogen (secondary N) is 1. The van der Waals surface area contributed by atoms with E-state index in [0.717, 1.165) is 19.4 Å². The molecule has 2 amide bonds. The SMILES string of the molecule is NC1CCCN(C(=O)NCC2CCC(C(=O)O)O2)C1. The average molecular weight is 271 g/mol. The maximum absolute atomic E-state index is 11.9. The van der Waals surface area contributed by atoms with Crippen LogP contribution in [0.25, 0.3) is 0 Å². The molecule has 2 aliphatic rings. The van der Waals surface area contributed by atoms with Crippen LogP contribution in [-0.4, -0.2) is 59.9 Å². The molecule has 0 radical (unpaired) electrons. The molecule has 0 aromatic carbocycles. The molecule has 2 aliphatic heterocycles. The number of rotatable bonds is 3. The van der Waals surface area contributed by atoms with Gasteiger partial charge in [0.1, 0.15) is 0 Å². The van der Waals surface area contributed by atoms with E-state index in [-0.39, 0.29) is 18.2 Å². The molecule has 3 unspecified atom stereocenters. The van der Waals surface area contributed by atoms with Crippen LogP contribution in [0.15, 0.2) is 0 Å². The van der Waals surface area contributed by atoms with E-state index in [1.54, 1.807) is 4.90 Å². The second-order valence-electron chi connectivity index (χ2n) is 5.20. The summed E-state index contributed by atoms with van der Waals surface area (Å²) in [5.74, 6) is -0.934. The molecule has 7 nitrogen and oxygen atoms in total. The molecule has 19 heavy (non-hydrogen) atoms. The van der Waals surface area contributed by atoms with E-state index in [0.29, 0.717) is 25.9 Å². The number of hydrogen-bond acceptors (Lipinski definition) is 4. The van der Waals surface area contributed by atoms with Gasteiger partial charge in [0.05, 0.1) is 6.10 Å². The Balaban J connectivity index is 1.70. The van der Waals surface area contributed by atoms with Gasteiger partial charge in [0, 0.05) is 25.7 Å². The fourth-order valence-corrected chi connectivity index (χ4v) is 2.54. The lowest BCUT2D eigenvalue weighted by atomic mass is 10.1. The summed E-state index contributed by atoms with van der Waals surface area (Å²) in [6.45, 7) is 1.66. The third-order valence-electron chi connectivity index (χ3n) is 3.61. The topological polar surface area (TPSA) is 105 Å². The molecule has 0 saturated carbocycles. The number of nitrogens with zero attached hydrogens (tertiary/aromatic N) is 1. The number of likely N-dealkylation sites (tertiary alicyclic amines) is 1. The summed E-state index contributed by atoms with van der Waals surface area (Å²) >= 11 is 0. The minimum atomic E-state index is -0.934. The van der Waals surface area contributed by atoms with E-state index < -0.39 is 12.1 Å². The largest absolute Gasteiger partial charge is 0.479 e. The number of amides is 2. The number of urea groups is 1. The highest BCUT2D eigenvalue weighted by Gasteiger charge is 2.31. The molecule has 0 aromatic heterocycles. The van der Waals surface area contributed by atoms with Gasteiger partial charge in [-0.05, 0) is 25.7 Å². The van der Waals surface area contributed by atoms with Crippen LogP contribution in [0.2, 0.25) is 0 Å². The van der Waals surface area contributed by atoms with Gasteiger partial charge in [-0.2, -0.15) is 0 Å². The van der Waals surface area contributed by atoms with Crippen molar-refractivity contribution < 1.29 is 19.4 Å². The van der Waals surface area contributed by atoms with Gasteiger partial charge in [0.15, 0.2) is 6.10 Å². The molecule has 108 valence electrons. The fourth-order valence-electron chi connectivity index (χ4n) is 2.54. The zero-order valence-electron chi connectivity index (χ0n) is 10.9. The zero-order valence-corrected chi connectivity index (χ0v) is 10.9. The maximum Gasteiger partial charge on any atom is 0.332 e. The number of nitrogens with two attached hydrogens (primary N) is 1. The molecular formula is C12H21N3O4. The lowest BCUT2D eigenvalue weighted by Gasteiger charge is -2.31. The number of carbonyl (C=O) groups is 2. The summed E-state index contributed by atoms with van der Waals surface area (Å²) in [4.78, 5) is 24.3. The molecule has 2 fully saturated rings. The molecule has 2 rings (SSSR count). The second-order valence-corrected chi connectivity index (χ2v) is 5.20. The molecule has 3 atom stereocenters. The number of carbonyl (C=O) groups excluding carboxylic acids is 1. The molecule has 0 aromatic rings. The molecular weight excluding hydrogens is 250 g/mol. The van der Waals surface area contributed by atoms with Crippen molar-refractivity contribution >= 4 is 12.0 Å². The van der Waals surface area contributed by atoms with E-state index in [9.17, 15) is 9.59 Å². The van der Waals surface area contributed by atoms with Crippen molar-refractivity contribution in [2.75, 3.05) is 19.6 Å². The maximum atomic E-state index is 11.9. The van der Waals surface area contributed by atoms with E-state index in [1.165, 1.54) is 0 Å². The van der Waals surface area contributed by atoms with Crippen LogP contribution >= 0.6 is 0 Å². The third-order valence-corrected chi connectivity index (χ3v) is 3.61. The summed E-state index contributed by atoms with van der Waals surface area (Å²) in [6.07, 6.45) is 2.11. The first-order valence-corrected chi connectivity index (χ1v) is 6.73. The molecule has 0 bridgehead atoms. The van der Waals surface area contributed by atoms with E-state index in [4.69, 9.17) is 15.6 Å². The highest BCUT2D eigenvalue weighted by Crippen LogP contribution is 2.19. The van der Waals surface area contributed by atoms with Gasteiger partial charge >= 0.3 is 12.0 Å². The van der Waals surface area contributed by atoms with Crippen molar-refractivity contribution in [3.8, 4) is 0 Å². The van der Waals surface area contributed by atoms with Gasteiger partial charge in [-0.25, -0.2) is 9.59 Å². The van der Waals surface area contributed by atoms with E-state index in [1.807, 2.05) is 0 Å². The fraction of sp³-hybridized carbons (Fsp3) is 0.833. The highest BCUT2D eigenvalue weighted by atomic mass is 16.5. The van der Waals surface area contributed by atoms with Crippen molar-refractivity contribution in [2.45, 2.75) is 43.9 Å². The molecule has 4 N–H and O–H groups in total. The molecule has 2 saturated heterocycles. The Morgan fingerprint density at radius 1 is 1.37 bits per heavy atom. The van der Waals surface area contributed by atoms with Crippen molar-refractivity contribution in [1.29, 1.82) is 0 Å². The van der Waals surface area contributed by atoms with Gasteiger partial charge in [-0.1, -0.05) is 0 Å². The van der Waals surface area contributed by atoms with Crippen molar-refractivity contribution in [1.82, 2.24) is 10.2 Å². The van der Waals surface area contributed by atoms with Crippen LogP contribution in [0.5, 0.6) is 0 Å². The van der Waals surface area contributed by atoms with Crippen molar-refractivity contribution in [2.24, 2.45) is 5.73 Å². The Bertz CT molecular complexity index is 350. The first-order valence-electron chi connectivity index (χ1n) is 6.73. The zero-order chi connectivity index (χ0) is 13.8. The van der Waals surface area contributed by atoms with Crippen LogP contribution in [0.4, 0.5) is 4.79 Å². The Morgan fingerprint density at radius 3 is 2.79 bits per heavy atom. The first-order chi connectivity index (χ1) is 9.06. The lowest BCUT2D eigenvalue weighted by molar-refractivity contribution is -0.149. The molecule has 7 heteroatoms. The molecule has 0 spiro atoms. The van der Waals surface area contributed by atoms with E-state index in [2.05, 4.69) is 5.32 Å². The number of piperidine rings is 1. The third kappa shape index (κ3) is 3.81. The Hall–Kier alpha value is -1.34. The smallest absolute Gasteiger partial charge is 0.332 e. The monoisotopic (exact) mass is 271 g/mol. The Labute approximate surface area is 112 Å². The summed E-state index contributed by atoms with van der Waals surface area (Å²) in [5.41, 5.74) is 5.82. The summed E-state index contributed by atoms with van der Waals surface area (Å²) in [7, 11) is 0. The summed E-state index contributed by atoms with van der Waals surface area (Å²) in [5, 5.41) is 11.6. The van der Waals surface area contributed by atoms with Gasteiger partial charge in [0.2, 0.25) is 0 Å². The van der Waals surface area contributed by atoms with Crippen LogP contribution in [0.3, 0.4) is 0 Å². The second kappa shape index (κ2) is 6.21. The average Bonchev–Trinajstić information content (AvgIpc) is 2.85. The number of aliphatic carboxylic acids is 1. The lowest BCUT2D eigenvalue weighted by Crippen LogP contribution is -2.50. The minimum absolute atomic E-state index is 0.0543. The predicted molar refractivity (Wildman–Crippen MR) is 67.7 cm³/mol. The van der Waals surface area contributed by atoms with Crippen molar-refractivity contribution in [3.05, 3.63) is 0 Å².